The predicted octanol–water partition coefficient (Wildman–Crippen LogP) is 5.19. The quantitative estimate of drug-likeness (QED) is 0.479. The second-order valence-corrected chi connectivity index (χ2v) is 6.70. The minimum atomic E-state index is -0.472. The molecule has 1 heterocycles. The van der Waals surface area contributed by atoms with Gasteiger partial charge in [-0.3, -0.25) is 0 Å². The third kappa shape index (κ3) is 4.24. The summed E-state index contributed by atoms with van der Waals surface area (Å²) in [7, 11) is 1.63. The van der Waals surface area contributed by atoms with Gasteiger partial charge in [0.2, 0.25) is 0 Å². The molecule has 0 fully saturated rings. The van der Waals surface area contributed by atoms with Crippen molar-refractivity contribution < 1.29 is 14.3 Å². The van der Waals surface area contributed by atoms with Crippen LogP contribution in [0.5, 0.6) is 5.75 Å². The van der Waals surface area contributed by atoms with E-state index in [1.54, 1.807) is 7.11 Å². The molecule has 5 heteroatoms. The monoisotopic (exact) mass is 386 g/mol. The highest BCUT2D eigenvalue weighted by Gasteiger charge is 2.21. The molecule has 5 nitrogen and oxygen atoms in total. The van der Waals surface area contributed by atoms with E-state index in [1.807, 2.05) is 85.1 Å². The van der Waals surface area contributed by atoms with Crippen LogP contribution in [0.3, 0.4) is 0 Å². The van der Waals surface area contributed by atoms with E-state index in [1.165, 1.54) is 0 Å². The van der Waals surface area contributed by atoms with Crippen molar-refractivity contribution in [3.8, 4) is 5.75 Å². The van der Waals surface area contributed by atoms with Crippen LogP contribution in [0, 0.1) is 0 Å². The number of aromatic amines is 1. The highest BCUT2D eigenvalue weighted by molar-refractivity contribution is 5.84. The molecule has 1 atom stereocenters. The molecule has 0 saturated heterocycles. The van der Waals surface area contributed by atoms with Crippen LogP contribution in [0.25, 0.3) is 10.9 Å². The number of ether oxygens (including phenoxy) is 2. The Bertz CT molecular complexity index is 1090. The number of methoxy groups -OCH3 is 1. The summed E-state index contributed by atoms with van der Waals surface area (Å²) in [5.74, 6) is 0.762. The highest BCUT2D eigenvalue weighted by atomic mass is 16.5. The van der Waals surface area contributed by atoms with Gasteiger partial charge in [-0.25, -0.2) is 4.79 Å². The number of hydrogen-bond donors (Lipinski definition) is 2. The van der Waals surface area contributed by atoms with Crippen LogP contribution in [-0.2, 0) is 11.3 Å². The third-order valence-electron chi connectivity index (χ3n) is 4.86. The van der Waals surface area contributed by atoms with Crippen LogP contribution in [-0.4, -0.2) is 18.2 Å². The van der Waals surface area contributed by atoms with Crippen molar-refractivity contribution in [3.63, 3.8) is 0 Å². The van der Waals surface area contributed by atoms with E-state index in [4.69, 9.17) is 9.47 Å². The number of carbonyl (C=O) groups is 1. The fourth-order valence-electron chi connectivity index (χ4n) is 3.35. The Morgan fingerprint density at radius 1 is 0.966 bits per heavy atom. The fourth-order valence-corrected chi connectivity index (χ4v) is 3.35. The van der Waals surface area contributed by atoms with Crippen LogP contribution >= 0.6 is 0 Å². The van der Waals surface area contributed by atoms with Gasteiger partial charge in [-0.05, 0) is 29.3 Å². The molecule has 1 amide bonds. The Morgan fingerprint density at radius 3 is 2.45 bits per heavy atom. The van der Waals surface area contributed by atoms with E-state index >= 15 is 0 Å². The molecule has 1 aromatic heterocycles. The summed E-state index contributed by atoms with van der Waals surface area (Å²) in [5, 5.41) is 4.07. The van der Waals surface area contributed by atoms with E-state index in [0.29, 0.717) is 0 Å². The number of benzene rings is 3. The summed E-state index contributed by atoms with van der Waals surface area (Å²) < 4.78 is 10.7. The van der Waals surface area contributed by atoms with Gasteiger partial charge in [-0.1, -0.05) is 60.7 Å². The van der Waals surface area contributed by atoms with Crippen LogP contribution in [0.2, 0.25) is 0 Å². The first-order chi connectivity index (χ1) is 14.2. The van der Waals surface area contributed by atoms with Gasteiger partial charge >= 0.3 is 6.09 Å². The molecule has 0 bridgehead atoms. The number of hydrogen-bond acceptors (Lipinski definition) is 3. The normalized spacial score (nSPS) is 11.8. The molecule has 146 valence electrons. The van der Waals surface area contributed by atoms with Crippen LogP contribution in [0.1, 0.15) is 22.7 Å². The zero-order valence-electron chi connectivity index (χ0n) is 16.1. The van der Waals surface area contributed by atoms with Crippen molar-refractivity contribution in [2.24, 2.45) is 0 Å². The van der Waals surface area contributed by atoms with Crippen LogP contribution < -0.4 is 10.1 Å². The SMILES string of the molecule is COc1ccc(C(NC(=O)OCc2ccccc2)c2c[nH]c3ccccc23)cc1. The second kappa shape index (κ2) is 8.52. The molecule has 0 aliphatic carbocycles. The Morgan fingerprint density at radius 2 is 1.69 bits per heavy atom. The summed E-state index contributed by atoms with van der Waals surface area (Å²) in [4.78, 5) is 15.9. The molecule has 0 spiro atoms. The number of carbonyl (C=O) groups excluding carboxylic acids is 1. The zero-order valence-corrected chi connectivity index (χ0v) is 16.1. The maximum absolute atomic E-state index is 12.6. The van der Waals surface area contributed by atoms with E-state index in [2.05, 4.69) is 10.3 Å². The molecule has 0 radical (unpaired) electrons. The first-order valence-electron chi connectivity index (χ1n) is 9.42. The number of alkyl carbamates (subject to hydrolysis) is 1. The van der Waals surface area contributed by atoms with E-state index in [9.17, 15) is 4.79 Å². The first kappa shape index (κ1) is 18.6. The summed E-state index contributed by atoms with van der Waals surface area (Å²) in [6.07, 6.45) is 1.46. The van der Waals surface area contributed by atoms with Crippen molar-refractivity contribution in [1.82, 2.24) is 10.3 Å². The van der Waals surface area contributed by atoms with Gasteiger partial charge in [0.05, 0.1) is 13.2 Å². The summed E-state index contributed by atoms with van der Waals surface area (Å²) >= 11 is 0. The van der Waals surface area contributed by atoms with Crippen molar-refractivity contribution in [2.75, 3.05) is 7.11 Å². The van der Waals surface area contributed by atoms with Crippen LogP contribution in [0.15, 0.2) is 85.1 Å². The van der Waals surface area contributed by atoms with Crippen molar-refractivity contribution in [3.05, 3.63) is 102 Å². The molecule has 0 saturated carbocycles. The summed E-state index contributed by atoms with van der Waals surface area (Å²) in [6.45, 7) is 0.218. The van der Waals surface area contributed by atoms with Gasteiger partial charge in [0.15, 0.2) is 0 Å². The lowest BCUT2D eigenvalue weighted by Crippen LogP contribution is -2.29. The summed E-state index contributed by atoms with van der Waals surface area (Å²) in [6, 6.07) is 24.9. The Hall–Kier alpha value is -3.73. The van der Waals surface area contributed by atoms with Gasteiger partial charge in [0.25, 0.3) is 0 Å². The maximum atomic E-state index is 12.6. The molecular formula is C24H22N2O3. The Kier molecular flexibility index (Phi) is 5.47. The lowest BCUT2D eigenvalue weighted by Gasteiger charge is -2.19. The van der Waals surface area contributed by atoms with Gasteiger partial charge < -0.3 is 19.8 Å². The van der Waals surface area contributed by atoms with Crippen molar-refractivity contribution in [1.29, 1.82) is 0 Å². The van der Waals surface area contributed by atoms with Gasteiger partial charge in [0, 0.05) is 22.7 Å². The Balaban J connectivity index is 1.60. The standard InChI is InChI=1S/C24H22N2O3/c1-28-19-13-11-18(12-14-19)23(21-15-25-22-10-6-5-9-20(21)22)26-24(27)29-16-17-7-3-2-4-8-17/h2-15,23,25H,16H2,1H3,(H,26,27). The van der Waals surface area contributed by atoms with Crippen LogP contribution in [0.4, 0.5) is 4.79 Å². The summed E-state index contributed by atoms with van der Waals surface area (Å²) in [5.41, 5.74) is 3.87. The van der Waals surface area contributed by atoms with Gasteiger partial charge in [-0.2, -0.15) is 0 Å². The molecule has 3 aromatic carbocycles. The fraction of sp³-hybridized carbons (Fsp3) is 0.125. The number of H-pyrrole nitrogens is 1. The number of fused-ring (bicyclic) bond motifs is 1. The Labute approximate surface area is 169 Å². The third-order valence-corrected chi connectivity index (χ3v) is 4.86. The maximum Gasteiger partial charge on any atom is 0.408 e. The van der Waals surface area contributed by atoms with Gasteiger partial charge in [0.1, 0.15) is 12.4 Å². The minimum absolute atomic E-state index is 0.218. The molecule has 4 rings (SSSR count). The molecule has 2 N–H and O–H groups in total. The van der Waals surface area contributed by atoms with E-state index < -0.39 is 6.09 Å². The minimum Gasteiger partial charge on any atom is -0.497 e. The molecule has 29 heavy (non-hydrogen) atoms. The smallest absolute Gasteiger partial charge is 0.408 e. The number of amides is 1. The largest absolute Gasteiger partial charge is 0.497 e. The van der Waals surface area contributed by atoms with E-state index in [0.717, 1.165) is 33.3 Å². The first-order valence-corrected chi connectivity index (χ1v) is 9.42. The highest BCUT2D eigenvalue weighted by Crippen LogP contribution is 2.30. The van der Waals surface area contributed by atoms with E-state index in [-0.39, 0.29) is 12.6 Å². The lowest BCUT2D eigenvalue weighted by molar-refractivity contribution is 0.137. The molecule has 0 aliphatic rings. The average Bonchev–Trinajstić information content (AvgIpc) is 3.21. The van der Waals surface area contributed by atoms with Crippen molar-refractivity contribution >= 4 is 17.0 Å². The number of rotatable bonds is 6. The van der Waals surface area contributed by atoms with Gasteiger partial charge in [-0.15, -0.1) is 0 Å². The topological polar surface area (TPSA) is 63.4 Å². The predicted molar refractivity (Wildman–Crippen MR) is 113 cm³/mol. The molecule has 4 aromatic rings. The number of aromatic nitrogens is 1. The molecule has 0 aliphatic heterocycles. The number of nitrogens with one attached hydrogen (secondary N) is 2. The second-order valence-electron chi connectivity index (χ2n) is 6.70. The molecular weight excluding hydrogens is 364 g/mol. The van der Waals surface area contributed by atoms with Crippen molar-refractivity contribution in [2.45, 2.75) is 12.6 Å². The lowest BCUT2D eigenvalue weighted by atomic mass is 9.98. The number of para-hydroxylation sites is 1. The zero-order chi connectivity index (χ0) is 20.1. The average molecular weight is 386 g/mol. The molecule has 1 unspecified atom stereocenters.